The van der Waals surface area contributed by atoms with Gasteiger partial charge in [0, 0.05) is 16.8 Å². The van der Waals surface area contributed by atoms with Crippen LogP contribution in [0.15, 0.2) is 82.7 Å². The summed E-state index contributed by atoms with van der Waals surface area (Å²) >= 11 is 0. The molecule has 4 aromatic rings. The van der Waals surface area contributed by atoms with Gasteiger partial charge in [0.1, 0.15) is 11.6 Å². The van der Waals surface area contributed by atoms with Gasteiger partial charge < -0.3 is 14.6 Å². The SMILES string of the molecule is CCOC(=O)c1ccc(-n2c(O)c(/C=N\NC(=O)COc3cccc(F)c3)c3ccccc3c2=O)cc1. The van der Waals surface area contributed by atoms with Crippen molar-refractivity contribution in [2.75, 3.05) is 13.2 Å². The molecular formula is C27H22FN3O6. The number of hydrogen-bond acceptors (Lipinski definition) is 7. The highest BCUT2D eigenvalue weighted by Gasteiger charge is 2.17. The Kier molecular flexibility index (Phi) is 7.58. The molecule has 9 nitrogen and oxygen atoms in total. The van der Waals surface area contributed by atoms with Crippen LogP contribution in [-0.2, 0) is 9.53 Å². The minimum atomic E-state index is -0.618. The number of fused-ring (bicyclic) bond motifs is 1. The zero-order chi connectivity index (χ0) is 26.4. The average molecular weight is 503 g/mol. The predicted molar refractivity (Wildman–Crippen MR) is 135 cm³/mol. The summed E-state index contributed by atoms with van der Waals surface area (Å²) in [5, 5.41) is 15.6. The van der Waals surface area contributed by atoms with Crippen LogP contribution in [0.4, 0.5) is 4.39 Å². The number of amides is 1. The van der Waals surface area contributed by atoms with Gasteiger partial charge >= 0.3 is 5.97 Å². The van der Waals surface area contributed by atoms with E-state index in [2.05, 4.69) is 10.5 Å². The van der Waals surface area contributed by atoms with E-state index < -0.39 is 35.7 Å². The number of hydrogen-bond donors (Lipinski definition) is 2. The molecule has 0 spiro atoms. The second kappa shape index (κ2) is 11.2. The molecule has 3 aromatic carbocycles. The molecule has 0 bridgehead atoms. The van der Waals surface area contributed by atoms with Crippen LogP contribution in [0, 0.1) is 5.82 Å². The first-order chi connectivity index (χ1) is 17.9. The van der Waals surface area contributed by atoms with Gasteiger partial charge in [-0.05, 0) is 49.4 Å². The lowest BCUT2D eigenvalue weighted by Crippen LogP contribution is -2.25. The molecule has 2 N–H and O–H groups in total. The maximum absolute atomic E-state index is 13.2. The zero-order valence-electron chi connectivity index (χ0n) is 19.7. The number of carbonyl (C=O) groups excluding carboxylic acids is 2. The van der Waals surface area contributed by atoms with Crippen LogP contribution < -0.4 is 15.7 Å². The summed E-state index contributed by atoms with van der Waals surface area (Å²) in [5.41, 5.74) is 2.57. The van der Waals surface area contributed by atoms with Crippen molar-refractivity contribution >= 4 is 28.9 Å². The fourth-order valence-electron chi connectivity index (χ4n) is 3.60. The van der Waals surface area contributed by atoms with Gasteiger partial charge in [0.05, 0.1) is 29.6 Å². The number of pyridine rings is 1. The van der Waals surface area contributed by atoms with Gasteiger partial charge in [-0.2, -0.15) is 5.10 Å². The van der Waals surface area contributed by atoms with E-state index in [-0.39, 0.29) is 17.9 Å². The lowest BCUT2D eigenvalue weighted by Gasteiger charge is -2.14. The lowest BCUT2D eigenvalue weighted by molar-refractivity contribution is -0.123. The molecule has 37 heavy (non-hydrogen) atoms. The van der Waals surface area contributed by atoms with Crippen molar-refractivity contribution in [3.05, 3.63) is 100 Å². The lowest BCUT2D eigenvalue weighted by atomic mass is 10.1. The van der Waals surface area contributed by atoms with Gasteiger partial charge in [-0.25, -0.2) is 19.2 Å². The Morgan fingerprint density at radius 1 is 1.05 bits per heavy atom. The van der Waals surface area contributed by atoms with Crippen molar-refractivity contribution in [2.24, 2.45) is 5.10 Å². The van der Waals surface area contributed by atoms with E-state index in [0.717, 1.165) is 10.6 Å². The number of nitrogens with zero attached hydrogens (tertiary/aromatic N) is 2. The Morgan fingerprint density at radius 2 is 1.78 bits per heavy atom. The Labute approximate surface area is 210 Å². The van der Waals surface area contributed by atoms with E-state index in [4.69, 9.17) is 9.47 Å². The predicted octanol–water partition coefficient (Wildman–Crippen LogP) is 3.54. The molecule has 4 rings (SSSR count). The van der Waals surface area contributed by atoms with Crippen LogP contribution >= 0.6 is 0 Å². The maximum atomic E-state index is 13.2. The molecule has 0 atom stereocenters. The van der Waals surface area contributed by atoms with E-state index in [0.29, 0.717) is 22.0 Å². The molecule has 1 heterocycles. The van der Waals surface area contributed by atoms with Crippen LogP contribution in [0.5, 0.6) is 11.6 Å². The molecular weight excluding hydrogens is 481 g/mol. The number of rotatable bonds is 8. The minimum Gasteiger partial charge on any atom is -0.494 e. The minimum absolute atomic E-state index is 0.177. The van der Waals surface area contributed by atoms with E-state index >= 15 is 0 Å². The molecule has 0 fully saturated rings. The molecule has 0 aliphatic carbocycles. The summed E-state index contributed by atoms with van der Waals surface area (Å²) in [7, 11) is 0. The molecule has 0 saturated carbocycles. The van der Waals surface area contributed by atoms with Crippen molar-refractivity contribution in [1.82, 2.24) is 9.99 Å². The van der Waals surface area contributed by atoms with Gasteiger partial charge in [-0.3, -0.25) is 9.59 Å². The number of nitrogens with one attached hydrogen (secondary N) is 1. The molecule has 0 aliphatic rings. The fraction of sp³-hybridized carbons (Fsp3) is 0.111. The summed E-state index contributed by atoms with van der Waals surface area (Å²) in [6.45, 7) is 1.50. The second-order valence-electron chi connectivity index (χ2n) is 7.73. The van der Waals surface area contributed by atoms with Crippen LogP contribution in [0.3, 0.4) is 0 Å². The third-order valence-corrected chi connectivity index (χ3v) is 5.29. The summed E-state index contributed by atoms with van der Waals surface area (Å²) in [6.07, 6.45) is 1.21. The van der Waals surface area contributed by atoms with Crippen molar-refractivity contribution in [2.45, 2.75) is 6.92 Å². The monoisotopic (exact) mass is 503 g/mol. The number of benzene rings is 3. The molecule has 0 radical (unpaired) electrons. The molecule has 0 aliphatic heterocycles. The summed E-state index contributed by atoms with van der Waals surface area (Å²) < 4.78 is 24.5. The summed E-state index contributed by atoms with van der Waals surface area (Å²) in [6, 6.07) is 18.0. The second-order valence-corrected chi connectivity index (χ2v) is 7.73. The van der Waals surface area contributed by atoms with E-state index in [1.54, 1.807) is 31.2 Å². The fourth-order valence-corrected chi connectivity index (χ4v) is 3.60. The van der Waals surface area contributed by atoms with Crippen LogP contribution in [0.25, 0.3) is 16.5 Å². The van der Waals surface area contributed by atoms with Gasteiger partial charge in [0.25, 0.3) is 11.5 Å². The Balaban J connectivity index is 1.61. The summed E-state index contributed by atoms with van der Waals surface area (Å²) in [4.78, 5) is 37.3. The highest BCUT2D eigenvalue weighted by Crippen LogP contribution is 2.26. The summed E-state index contributed by atoms with van der Waals surface area (Å²) in [5.74, 6) is -1.85. The standard InChI is InChI=1S/C27H22FN3O6/c1-2-36-27(35)17-10-12-19(13-11-17)31-25(33)22-9-4-3-8-21(22)23(26(31)34)15-29-30-24(32)16-37-20-7-5-6-18(28)14-20/h3-15,34H,2,16H2,1H3,(H,30,32)/b29-15-. The molecule has 1 aromatic heterocycles. The Hall–Kier alpha value is -4.99. The topological polar surface area (TPSA) is 119 Å². The largest absolute Gasteiger partial charge is 0.494 e. The van der Waals surface area contributed by atoms with Crippen LogP contribution in [-0.4, -0.2) is 41.0 Å². The van der Waals surface area contributed by atoms with Crippen molar-refractivity contribution in [3.63, 3.8) is 0 Å². The normalized spacial score (nSPS) is 11.0. The van der Waals surface area contributed by atoms with Gasteiger partial charge in [0.15, 0.2) is 6.61 Å². The maximum Gasteiger partial charge on any atom is 0.338 e. The van der Waals surface area contributed by atoms with E-state index in [1.165, 1.54) is 48.7 Å². The van der Waals surface area contributed by atoms with E-state index in [9.17, 15) is 23.9 Å². The third kappa shape index (κ3) is 5.64. The number of hydrazone groups is 1. The number of halogens is 1. The number of carbonyl (C=O) groups is 2. The molecule has 0 saturated heterocycles. The highest BCUT2D eigenvalue weighted by molar-refractivity contribution is 6.02. The Morgan fingerprint density at radius 3 is 2.49 bits per heavy atom. The molecule has 1 amide bonds. The smallest absolute Gasteiger partial charge is 0.338 e. The van der Waals surface area contributed by atoms with Crippen LogP contribution in [0.1, 0.15) is 22.8 Å². The number of ether oxygens (including phenoxy) is 2. The number of esters is 1. The van der Waals surface area contributed by atoms with Gasteiger partial charge in [-0.1, -0.05) is 24.3 Å². The first-order valence-electron chi connectivity index (χ1n) is 11.2. The molecule has 10 heteroatoms. The number of aromatic hydroxyl groups is 1. The van der Waals surface area contributed by atoms with Crippen molar-refractivity contribution < 1.29 is 28.6 Å². The van der Waals surface area contributed by atoms with Crippen molar-refractivity contribution in [1.29, 1.82) is 0 Å². The van der Waals surface area contributed by atoms with Gasteiger partial charge in [-0.15, -0.1) is 0 Å². The third-order valence-electron chi connectivity index (χ3n) is 5.29. The molecule has 0 unspecified atom stereocenters. The zero-order valence-corrected chi connectivity index (χ0v) is 19.7. The highest BCUT2D eigenvalue weighted by atomic mass is 19.1. The Bertz CT molecular complexity index is 1550. The van der Waals surface area contributed by atoms with E-state index in [1.807, 2.05) is 0 Å². The first kappa shape index (κ1) is 25.1. The molecule has 188 valence electrons. The number of aromatic nitrogens is 1. The quantitative estimate of drug-likeness (QED) is 0.216. The van der Waals surface area contributed by atoms with Crippen LogP contribution in [0.2, 0.25) is 0 Å². The van der Waals surface area contributed by atoms with Crippen molar-refractivity contribution in [3.8, 4) is 17.3 Å². The average Bonchev–Trinajstić information content (AvgIpc) is 2.90. The first-order valence-corrected chi connectivity index (χ1v) is 11.2. The van der Waals surface area contributed by atoms with Gasteiger partial charge in [0.2, 0.25) is 5.88 Å².